The first-order valence-electron chi connectivity index (χ1n) is 2.53. The molecule has 0 unspecified atom stereocenters. The number of carbonyl (C=O) groups is 1. The highest BCUT2D eigenvalue weighted by Crippen LogP contribution is 1.73. The summed E-state index contributed by atoms with van der Waals surface area (Å²) in [7, 11) is 0. The smallest absolute Gasteiger partial charge is 0.297 e. The Morgan fingerprint density at radius 1 is 1.56 bits per heavy atom. The zero-order valence-electron chi connectivity index (χ0n) is 5.20. The Morgan fingerprint density at radius 2 is 2.33 bits per heavy atom. The highest BCUT2D eigenvalue weighted by atomic mass is 16.5. The molecule has 0 amide bonds. The molecule has 2 nitrogen and oxygen atoms in total. The molecular formula is C7H8O2. The number of ether oxygens (including phenoxy) is 1. The maximum atomic E-state index is 9.52. The van der Waals surface area contributed by atoms with Crippen LogP contribution in [0.4, 0.5) is 0 Å². The molecule has 0 aliphatic rings. The molecule has 0 spiro atoms. The lowest BCUT2D eigenvalue weighted by molar-refractivity contribution is -0.123. The molecule has 0 aliphatic carbocycles. The van der Waals surface area contributed by atoms with E-state index in [-0.39, 0.29) is 0 Å². The molecule has 0 fully saturated rings. The number of rotatable bonds is 3. The first-order valence-corrected chi connectivity index (χ1v) is 2.53. The monoisotopic (exact) mass is 124 g/mol. The van der Waals surface area contributed by atoms with Gasteiger partial charge in [-0.3, -0.25) is 4.79 Å². The Hall–Kier alpha value is -1.27. The molecule has 0 heterocycles. The van der Waals surface area contributed by atoms with Gasteiger partial charge in [-0.05, 0) is 25.2 Å². The predicted octanol–water partition coefficient (Wildman–Crippen LogP) is 1.40. The molecule has 0 radical (unpaired) electrons. The maximum absolute atomic E-state index is 9.52. The van der Waals surface area contributed by atoms with E-state index in [4.69, 9.17) is 0 Å². The summed E-state index contributed by atoms with van der Waals surface area (Å²) in [4.78, 5) is 9.52. The van der Waals surface area contributed by atoms with Crippen LogP contribution in [0.1, 0.15) is 6.92 Å². The molecule has 0 aromatic carbocycles. The minimum absolute atomic E-state index is 0.361. The Labute approximate surface area is 54.1 Å². The largest absolute Gasteiger partial charge is 0.437 e. The number of hydrogen-bond acceptors (Lipinski definition) is 2. The summed E-state index contributed by atoms with van der Waals surface area (Å²) in [6.07, 6.45) is 6.26. The molecular weight excluding hydrogens is 116 g/mol. The third-order valence-electron chi connectivity index (χ3n) is 0.572. The Kier molecular flexibility index (Phi) is 5.78. The van der Waals surface area contributed by atoms with Crippen LogP contribution in [0.3, 0.4) is 0 Å². The number of carbonyl (C=O) groups excluding carboxylic acids is 1. The van der Waals surface area contributed by atoms with Gasteiger partial charge in [0.05, 0.1) is 6.26 Å². The molecule has 0 rings (SSSR count). The normalized spacial score (nSPS) is 8.11. The highest BCUT2D eigenvalue weighted by Gasteiger charge is 1.62. The van der Waals surface area contributed by atoms with Crippen LogP contribution < -0.4 is 0 Å². The van der Waals surface area contributed by atoms with E-state index in [1.54, 1.807) is 18.2 Å². The zero-order chi connectivity index (χ0) is 6.95. The second-order valence-corrected chi connectivity index (χ2v) is 1.18. The Balaban J connectivity index is 3.46. The lowest BCUT2D eigenvalue weighted by Crippen LogP contribution is -1.69. The van der Waals surface area contributed by atoms with Gasteiger partial charge in [0.2, 0.25) is 0 Å². The van der Waals surface area contributed by atoms with Crippen LogP contribution >= 0.6 is 0 Å². The summed E-state index contributed by atoms with van der Waals surface area (Å²) in [5, 5.41) is 0. The first kappa shape index (κ1) is 7.73. The minimum atomic E-state index is 0.361. The van der Waals surface area contributed by atoms with Gasteiger partial charge in [-0.1, -0.05) is 0 Å². The van der Waals surface area contributed by atoms with Gasteiger partial charge in [0, 0.05) is 0 Å². The van der Waals surface area contributed by atoms with Crippen molar-refractivity contribution in [3.8, 4) is 0 Å². The molecule has 2 heteroatoms. The van der Waals surface area contributed by atoms with Gasteiger partial charge in [-0.15, -0.1) is 5.73 Å². The van der Waals surface area contributed by atoms with Crippen molar-refractivity contribution in [1.29, 1.82) is 0 Å². The van der Waals surface area contributed by atoms with E-state index in [0.717, 1.165) is 0 Å². The third kappa shape index (κ3) is 6.73. The second kappa shape index (κ2) is 6.73. The van der Waals surface area contributed by atoms with E-state index in [1.165, 1.54) is 6.26 Å². The van der Waals surface area contributed by atoms with Gasteiger partial charge in [0.1, 0.15) is 0 Å². The number of hydrogen-bond donors (Lipinski definition) is 0. The fourth-order valence-corrected chi connectivity index (χ4v) is 0.269. The minimum Gasteiger partial charge on any atom is -0.437 e. The molecule has 0 atom stereocenters. The Bertz CT molecular complexity index is 150. The summed E-state index contributed by atoms with van der Waals surface area (Å²) >= 11 is 0. The summed E-state index contributed by atoms with van der Waals surface area (Å²) in [6.45, 7) is 2.21. The second-order valence-electron chi connectivity index (χ2n) is 1.18. The summed E-state index contributed by atoms with van der Waals surface area (Å²) < 4.78 is 4.23. The van der Waals surface area contributed by atoms with E-state index >= 15 is 0 Å². The average Bonchev–Trinajstić information content (AvgIpc) is 1.89. The lowest BCUT2D eigenvalue weighted by Gasteiger charge is -1.76. The fourth-order valence-electron chi connectivity index (χ4n) is 0.269. The predicted molar refractivity (Wildman–Crippen MR) is 34.6 cm³/mol. The van der Waals surface area contributed by atoms with Gasteiger partial charge in [-0.2, -0.15) is 0 Å². The van der Waals surface area contributed by atoms with Crippen molar-refractivity contribution in [1.82, 2.24) is 0 Å². The van der Waals surface area contributed by atoms with Gasteiger partial charge < -0.3 is 4.74 Å². The van der Waals surface area contributed by atoms with Crippen molar-refractivity contribution in [3.63, 3.8) is 0 Å². The molecule has 0 aliphatic heterocycles. The van der Waals surface area contributed by atoms with E-state index in [2.05, 4.69) is 10.5 Å². The molecule has 48 valence electrons. The summed E-state index contributed by atoms with van der Waals surface area (Å²) in [5.74, 6) is 0. The molecule has 0 aromatic heterocycles. The van der Waals surface area contributed by atoms with Crippen LogP contribution in [0.5, 0.6) is 0 Å². The summed E-state index contributed by atoms with van der Waals surface area (Å²) in [5.41, 5.74) is 2.77. The SMILES string of the molecule is CC=C=CC=COC=O. The van der Waals surface area contributed by atoms with Crippen LogP contribution in [0.2, 0.25) is 0 Å². The van der Waals surface area contributed by atoms with Crippen molar-refractivity contribution in [2.24, 2.45) is 0 Å². The topological polar surface area (TPSA) is 26.3 Å². The van der Waals surface area contributed by atoms with Crippen molar-refractivity contribution in [2.45, 2.75) is 6.92 Å². The molecule has 0 bridgehead atoms. The fraction of sp³-hybridized carbons (Fsp3) is 0.143. The molecule has 9 heavy (non-hydrogen) atoms. The van der Waals surface area contributed by atoms with E-state index < -0.39 is 0 Å². The van der Waals surface area contributed by atoms with Gasteiger partial charge in [-0.25, -0.2) is 0 Å². The lowest BCUT2D eigenvalue weighted by atomic mass is 10.5. The average molecular weight is 124 g/mol. The summed E-state index contributed by atoms with van der Waals surface area (Å²) in [6, 6.07) is 0. The highest BCUT2D eigenvalue weighted by molar-refractivity contribution is 5.38. The molecule has 0 N–H and O–H groups in total. The quantitative estimate of drug-likeness (QED) is 0.246. The number of allylic oxidation sites excluding steroid dienone is 2. The van der Waals surface area contributed by atoms with Crippen LogP contribution in [-0.2, 0) is 9.53 Å². The van der Waals surface area contributed by atoms with Gasteiger partial charge >= 0.3 is 0 Å². The van der Waals surface area contributed by atoms with Crippen molar-refractivity contribution in [3.05, 3.63) is 30.2 Å². The van der Waals surface area contributed by atoms with Crippen LogP contribution in [-0.4, -0.2) is 6.47 Å². The van der Waals surface area contributed by atoms with E-state index in [9.17, 15) is 4.79 Å². The van der Waals surface area contributed by atoms with Crippen molar-refractivity contribution in [2.75, 3.05) is 0 Å². The zero-order valence-corrected chi connectivity index (χ0v) is 5.20. The molecule has 0 saturated heterocycles. The van der Waals surface area contributed by atoms with E-state index in [0.29, 0.717) is 6.47 Å². The van der Waals surface area contributed by atoms with Crippen LogP contribution in [0, 0.1) is 0 Å². The Morgan fingerprint density at radius 3 is 2.89 bits per heavy atom. The first-order chi connectivity index (χ1) is 4.41. The molecule has 0 aromatic rings. The van der Waals surface area contributed by atoms with Gasteiger partial charge in [0.25, 0.3) is 6.47 Å². The van der Waals surface area contributed by atoms with Crippen LogP contribution in [0.25, 0.3) is 0 Å². The van der Waals surface area contributed by atoms with Crippen molar-refractivity contribution >= 4 is 6.47 Å². The van der Waals surface area contributed by atoms with Crippen molar-refractivity contribution < 1.29 is 9.53 Å². The molecule has 0 saturated carbocycles. The standard InChI is InChI=1S/C7H8O2/c1-2-3-4-5-6-9-7-8/h2,4-7H,1H3. The maximum Gasteiger partial charge on any atom is 0.297 e. The van der Waals surface area contributed by atoms with E-state index in [1.807, 2.05) is 6.92 Å². The van der Waals surface area contributed by atoms with Gasteiger partial charge in [0.15, 0.2) is 0 Å². The van der Waals surface area contributed by atoms with Crippen LogP contribution in [0.15, 0.2) is 30.2 Å². The third-order valence-corrected chi connectivity index (χ3v) is 0.572.